The lowest BCUT2D eigenvalue weighted by molar-refractivity contribution is -0.127. The van der Waals surface area contributed by atoms with Crippen LogP contribution in [-0.4, -0.2) is 82.1 Å². The maximum Gasteiger partial charge on any atom is 0.409 e. The number of ether oxygens (including phenoxy) is 1. The molecule has 11 nitrogen and oxygen atoms in total. The summed E-state index contributed by atoms with van der Waals surface area (Å²) in [6.45, 7) is 0.282. The zero-order valence-electron chi connectivity index (χ0n) is 25.6. The number of hydrogen-bond acceptors (Lipinski definition) is 8. The van der Waals surface area contributed by atoms with E-state index in [1.165, 1.54) is 62.1 Å². The number of pyridine rings is 1. The predicted octanol–water partition coefficient (Wildman–Crippen LogP) is 3.69. The summed E-state index contributed by atoms with van der Waals surface area (Å²) >= 11 is 0. The SMILES string of the molecule is CN(C)C(=O)/C=C/CC[C@H](OC(=O)N(C)C)C(=O)Cc1cccn(CC2=Nc3c(ncnc3CC3CCCCC3)C2)c1=O. The lowest BCUT2D eigenvalue weighted by Gasteiger charge is -2.21. The van der Waals surface area contributed by atoms with Crippen molar-refractivity contribution in [3.05, 3.63) is 64.1 Å². The molecule has 3 heterocycles. The molecular formula is C32H42N6O5. The van der Waals surface area contributed by atoms with E-state index in [0.29, 0.717) is 24.3 Å². The van der Waals surface area contributed by atoms with E-state index in [-0.39, 0.29) is 36.6 Å². The van der Waals surface area contributed by atoms with Crippen LogP contribution >= 0.6 is 0 Å². The van der Waals surface area contributed by atoms with E-state index in [1.807, 2.05) is 0 Å². The Kier molecular flexibility index (Phi) is 11.0. The van der Waals surface area contributed by atoms with Crippen molar-refractivity contribution in [1.82, 2.24) is 24.3 Å². The highest BCUT2D eigenvalue weighted by molar-refractivity contribution is 5.93. The lowest BCUT2D eigenvalue weighted by Crippen LogP contribution is -2.35. The van der Waals surface area contributed by atoms with Gasteiger partial charge in [-0.2, -0.15) is 0 Å². The van der Waals surface area contributed by atoms with E-state index in [2.05, 4.69) is 9.97 Å². The van der Waals surface area contributed by atoms with Crippen LogP contribution in [0.15, 0.2) is 46.6 Å². The molecule has 2 aliphatic rings. The van der Waals surface area contributed by atoms with E-state index < -0.39 is 12.2 Å². The van der Waals surface area contributed by atoms with Gasteiger partial charge in [0.1, 0.15) is 12.0 Å². The Morgan fingerprint density at radius 3 is 2.58 bits per heavy atom. The number of fused-ring (bicyclic) bond motifs is 1. The van der Waals surface area contributed by atoms with Crippen LogP contribution in [0.2, 0.25) is 0 Å². The van der Waals surface area contributed by atoms with Crippen molar-refractivity contribution in [3.63, 3.8) is 0 Å². The summed E-state index contributed by atoms with van der Waals surface area (Å²) in [7, 11) is 6.35. The van der Waals surface area contributed by atoms with Crippen LogP contribution in [0.1, 0.15) is 61.9 Å². The van der Waals surface area contributed by atoms with Crippen LogP contribution in [0, 0.1) is 5.92 Å². The maximum absolute atomic E-state index is 13.4. The molecule has 4 rings (SSSR count). The molecular weight excluding hydrogens is 548 g/mol. The zero-order chi connectivity index (χ0) is 30.9. The van der Waals surface area contributed by atoms with Crippen molar-refractivity contribution in [2.45, 2.75) is 76.9 Å². The third kappa shape index (κ3) is 8.68. The van der Waals surface area contributed by atoms with Crippen LogP contribution in [0.3, 0.4) is 0 Å². The maximum atomic E-state index is 13.4. The first-order valence-electron chi connectivity index (χ1n) is 15.0. The van der Waals surface area contributed by atoms with Crippen molar-refractivity contribution in [2.24, 2.45) is 10.9 Å². The first kappa shape index (κ1) is 31.8. The first-order chi connectivity index (χ1) is 20.6. The van der Waals surface area contributed by atoms with E-state index >= 15 is 0 Å². The van der Waals surface area contributed by atoms with Crippen LogP contribution < -0.4 is 5.56 Å². The number of carbonyl (C=O) groups is 3. The van der Waals surface area contributed by atoms with Crippen molar-refractivity contribution in [2.75, 3.05) is 28.2 Å². The molecule has 0 radical (unpaired) electrons. The number of aliphatic imine (C=N–C) groups is 1. The molecule has 1 aliphatic heterocycles. The largest absolute Gasteiger partial charge is 0.438 e. The first-order valence-corrected chi connectivity index (χ1v) is 15.0. The van der Waals surface area contributed by atoms with Gasteiger partial charge in [-0.05, 0) is 37.3 Å². The molecule has 1 saturated carbocycles. The second-order valence-corrected chi connectivity index (χ2v) is 11.8. The normalized spacial score (nSPS) is 15.6. The van der Waals surface area contributed by atoms with Gasteiger partial charge < -0.3 is 19.1 Å². The highest BCUT2D eigenvalue weighted by Gasteiger charge is 2.26. The number of amides is 2. The minimum absolute atomic E-state index is 0.180. The van der Waals surface area contributed by atoms with Gasteiger partial charge in [-0.1, -0.05) is 44.2 Å². The number of aromatic nitrogens is 3. The number of carbonyl (C=O) groups excluding carboxylic acids is 3. The Labute approximate surface area is 252 Å². The Morgan fingerprint density at radius 2 is 1.86 bits per heavy atom. The highest BCUT2D eigenvalue weighted by Crippen LogP contribution is 2.33. The summed E-state index contributed by atoms with van der Waals surface area (Å²) in [6, 6.07) is 3.35. The fraction of sp³-hybridized carbons (Fsp3) is 0.531. The fourth-order valence-electron chi connectivity index (χ4n) is 5.45. The van der Waals surface area contributed by atoms with E-state index in [9.17, 15) is 19.2 Å². The molecule has 0 bridgehead atoms. The molecule has 2 amide bonds. The zero-order valence-corrected chi connectivity index (χ0v) is 25.6. The second-order valence-electron chi connectivity index (χ2n) is 11.8. The molecule has 0 saturated heterocycles. The molecule has 2 aromatic heterocycles. The average Bonchev–Trinajstić information content (AvgIpc) is 3.40. The third-order valence-electron chi connectivity index (χ3n) is 7.90. The molecule has 0 aromatic carbocycles. The number of nitrogens with zero attached hydrogens (tertiary/aromatic N) is 6. The summed E-state index contributed by atoms with van der Waals surface area (Å²) in [5.41, 5.74) is 3.56. The van der Waals surface area contributed by atoms with E-state index in [4.69, 9.17) is 9.73 Å². The van der Waals surface area contributed by atoms with Crippen molar-refractivity contribution in [3.8, 4) is 0 Å². The number of hydrogen-bond donors (Lipinski definition) is 0. The number of Topliss-reactive ketones (excluding diaryl/α,β-unsaturated/α-hetero) is 1. The van der Waals surface area contributed by atoms with Gasteiger partial charge in [0, 0.05) is 58.5 Å². The standard InChI is InChI=1S/C32H42N6O5/c1-36(2)29(40)15-9-8-14-28(43-32(42)37(3)4)27(39)18-23-13-10-16-38(31(23)41)20-24-19-26-30(35-24)25(33-21-34-26)17-22-11-6-5-7-12-22/h9-10,13,15-16,21-22,28H,5-8,11-12,14,17-20H2,1-4H3/b15-9+/t28-/m0/s1. The summed E-state index contributed by atoms with van der Waals surface area (Å²) in [5, 5.41) is 0. The molecule has 230 valence electrons. The molecule has 0 spiro atoms. The van der Waals surface area contributed by atoms with Crippen LogP contribution in [0.5, 0.6) is 0 Å². The van der Waals surface area contributed by atoms with Crippen molar-refractivity contribution in [1.29, 1.82) is 0 Å². The molecule has 1 fully saturated rings. The summed E-state index contributed by atoms with van der Waals surface area (Å²) < 4.78 is 7.00. The predicted molar refractivity (Wildman–Crippen MR) is 164 cm³/mol. The Bertz CT molecular complexity index is 1440. The van der Waals surface area contributed by atoms with Crippen LogP contribution in [-0.2, 0) is 40.1 Å². The van der Waals surface area contributed by atoms with Gasteiger partial charge in [0.2, 0.25) is 5.91 Å². The molecule has 2 aromatic rings. The quantitative estimate of drug-likeness (QED) is 0.345. The van der Waals surface area contributed by atoms with Gasteiger partial charge >= 0.3 is 6.09 Å². The average molecular weight is 591 g/mol. The van der Waals surface area contributed by atoms with E-state index in [0.717, 1.165) is 29.2 Å². The van der Waals surface area contributed by atoms with Gasteiger partial charge in [0.25, 0.3) is 5.56 Å². The second kappa shape index (κ2) is 14.8. The third-order valence-corrected chi connectivity index (χ3v) is 7.90. The molecule has 1 aliphatic carbocycles. The number of allylic oxidation sites excluding steroid dienone is 1. The van der Waals surface area contributed by atoms with Crippen molar-refractivity contribution >= 4 is 29.2 Å². The number of ketones is 1. The van der Waals surface area contributed by atoms with Crippen LogP contribution in [0.25, 0.3) is 0 Å². The minimum atomic E-state index is -1.06. The number of rotatable bonds is 12. The van der Waals surface area contributed by atoms with Gasteiger partial charge in [-0.3, -0.25) is 19.4 Å². The lowest BCUT2D eigenvalue weighted by atomic mass is 9.86. The minimum Gasteiger partial charge on any atom is -0.438 e. The summed E-state index contributed by atoms with van der Waals surface area (Å²) in [6.07, 6.45) is 12.7. The summed E-state index contributed by atoms with van der Waals surface area (Å²) in [5.74, 6) is 0.0623. The highest BCUT2D eigenvalue weighted by atomic mass is 16.6. The Balaban J connectivity index is 1.44. The monoisotopic (exact) mass is 590 g/mol. The molecule has 0 unspecified atom stereocenters. The van der Waals surface area contributed by atoms with Gasteiger partial charge in [-0.15, -0.1) is 0 Å². The molecule has 1 atom stereocenters. The topological polar surface area (TPSA) is 127 Å². The molecule has 0 N–H and O–H groups in total. The Morgan fingerprint density at radius 1 is 1.09 bits per heavy atom. The smallest absolute Gasteiger partial charge is 0.409 e. The Hall–Kier alpha value is -4.15. The van der Waals surface area contributed by atoms with Gasteiger partial charge in [0.15, 0.2) is 11.9 Å². The summed E-state index contributed by atoms with van der Waals surface area (Å²) in [4.78, 5) is 67.3. The van der Waals surface area contributed by atoms with Crippen LogP contribution in [0.4, 0.5) is 10.5 Å². The molecule has 11 heteroatoms. The fourth-order valence-corrected chi connectivity index (χ4v) is 5.45. The van der Waals surface area contributed by atoms with E-state index in [1.54, 1.807) is 49.4 Å². The van der Waals surface area contributed by atoms with Crippen molar-refractivity contribution < 1.29 is 19.1 Å². The number of likely N-dealkylation sites (N-methyl/N-ethyl adjacent to an activating group) is 1. The molecule has 43 heavy (non-hydrogen) atoms. The van der Waals surface area contributed by atoms with Gasteiger partial charge in [-0.25, -0.2) is 14.8 Å². The van der Waals surface area contributed by atoms with Gasteiger partial charge in [0.05, 0.1) is 17.9 Å².